The Morgan fingerprint density at radius 2 is 1.81 bits per heavy atom. The van der Waals surface area contributed by atoms with Crippen molar-refractivity contribution in [2.45, 2.75) is 32.2 Å². The highest BCUT2D eigenvalue weighted by Gasteiger charge is 2.26. The normalized spacial score (nSPS) is 11.8. The van der Waals surface area contributed by atoms with Crippen molar-refractivity contribution in [1.29, 1.82) is 0 Å². The molecule has 0 aliphatic carbocycles. The van der Waals surface area contributed by atoms with Gasteiger partial charge in [0, 0.05) is 0 Å². The van der Waals surface area contributed by atoms with E-state index in [-0.39, 0.29) is 24.3 Å². The number of phenolic OH excluding ortho intramolecular Hbond substituents is 1. The number of ether oxygens (including phenoxy) is 2. The van der Waals surface area contributed by atoms with Crippen LogP contribution in [0.2, 0.25) is 0 Å². The molecule has 0 aromatic heterocycles. The van der Waals surface area contributed by atoms with Crippen LogP contribution in [0.5, 0.6) is 17.2 Å². The summed E-state index contributed by atoms with van der Waals surface area (Å²) in [6.07, 6.45) is 1.58. The molecule has 0 radical (unpaired) electrons. The molecule has 0 saturated heterocycles. The van der Waals surface area contributed by atoms with Gasteiger partial charge in [0.2, 0.25) is 0 Å². The second-order valence-corrected chi connectivity index (χ2v) is 10.9. The van der Waals surface area contributed by atoms with Gasteiger partial charge in [0.15, 0.2) is 5.75 Å². The number of benzene rings is 2. The number of rotatable bonds is 9. The summed E-state index contributed by atoms with van der Waals surface area (Å²) in [6, 6.07) is 3.74. The summed E-state index contributed by atoms with van der Waals surface area (Å²) in [5.74, 6) is -0.555. The van der Waals surface area contributed by atoms with Crippen LogP contribution in [-0.4, -0.2) is 34.8 Å². The van der Waals surface area contributed by atoms with Gasteiger partial charge < -0.3 is 25.4 Å². The van der Waals surface area contributed by atoms with Crippen LogP contribution in [0.1, 0.15) is 35.7 Å². The first kappa shape index (κ1) is 27.1. The standard InChI is InChI=1S/C20H19I4NO6/c1-2-3-6-30-20(29)14-9(8-11(25)19(27)28)7-10(21)18(17(14)24)31-13-5-4-12(26)15(22)16(13)23/h4-5,7,11,26H,2-3,6,8,25H2,1H3,(H,27,28). The van der Waals surface area contributed by atoms with Crippen molar-refractivity contribution in [3.63, 3.8) is 0 Å². The largest absolute Gasteiger partial charge is 0.507 e. The zero-order chi connectivity index (χ0) is 23.3. The van der Waals surface area contributed by atoms with Gasteiger partial charge in [-0.3, -0.25) is 4.79 Å². The SMILES string of the molecule is CCCCOC(=O)c1c(CC(N)C(=O)O)cc(I)c(Oc2ccc(O)c(I)c2I)c1I. The van der Waals surface area contributed by atoms with Crippen LogP contribution < -0.4 is 10.5 Å². The molecule has 2 aromatic carbocycles. The quantitative estimate of drug-likeness (QED) is 0.173. The van der Waals surface area contributed by atoms with E-state index in [4.69, 9.17) is 15.2 Å². The number of carbonyl (C=O) groups excluding carboxylic acids is 1. The molecule has 0 aliphatic heterocycles. The number of aromatic hydroxyl groups is 1. The zero-order valence-electron chi connectivity index (χ0n) is 16.3. The molecule has 1 unspecified atom stereocenters. The maximum absolute atomic E-state index is 12.9. The lowest BCUT2D eigenvalue weighted by Crippen LogP contribution is -2.33. The molecule has 0 fully saturated rings. The maximum atomic E-state index is 12.9. The summed E-state index contributed by atoms with van der Waals surface area (Å²) in [6.45, 7) is 2.26. The Kier molecular flexibility index (Phi) is 10.8. The van der Waals surface area contributed by atoms with Crippen molar-refractivity contribution in [3.8, 4) is 17.2 Å². The van der Waals surface area contributed by atoms with Gasteiger partial charge in [-0.05, 0) is 127 Å². The van der Waals surface area contributed by atoms with Gasteiger partial charge in [0.05, 0.1) is 26.5 Å². The average molecular weight is 877 g/mol. The second kappa shape index (κ2) is 12.4. The summed E-state index contributed by atoms with van der Waals surface area (Å²) in [5, 5.41) is 19.1. The van der Waals surface area contributed by atoms with E-state index in [1.165, 1.54) is 0 Å². The summed E-state index contributed by atoms with van der Waals surface area (Å²) >= 11 is 8.21. The first-order valence-electron chi connectivity index (χ1n) is 9.09. The number of unbranched alkanes of at least 4 members (excludes halogenated alkanes) is 1. The Hall–Kier alpha value is -0.140. The van der Waals surface area contributed by atoms with Crippen LogP contribution in [0.4, 0.5) is 0 Å². The lowest BCUT2D eigenvalue weighted by molar-refractivity contribution is -0.138. The van der Waals surface area contributed by atoms with Gasteiger partial charge in [-0.15, -0.1) is 0 Å². The summed E-state index contributed by atoms with van der Waals surface area (Å²) in [4.78, 5) is 24.2. The predicted molar refractivity (Wildman–Crippen MR) is 150 cm³/mol. The van der Waals surface area contributed by atoms with Gasteiger partial charge in [0.25, 0.3) is 0 Å². The van der Waals surface area contributed by atoms with Crippen molar-refractivity contribution >= 4 is 102 Å². The third kappa shape index (κ3) is 6.92. The van der Waals surface area contributed by atoms with E-state index in [1.807, 2.05) is 52.1 Å². The number of esters is 1. The fourth-order valence-corrected chi connectivity index (χ4v) is 5.79. The van der Waals surface area contributed by atoms with Crippen LogP contribution in [-0.2, 0) is 16.0 Å². The Labute approximate surface area is 234 Å². The van der Waals surface area contributed by atoms with Gasteiger partial charge in [0.1, 0.15) is 17.5 Å². The van der Waals surface area contributed by atoms with E-state index in [0.717, 1.165) is 16.4 Å². The number of carboxylic acids is 1. The lowest BCUT2D eigenvalue weighted by atomic mass is 10.00. The molecular weight excluding hydrogens is 858 g/mol. The van der Waals surface area contributed by atoms with Gasteiger partial charge in [-0.1, -0.05) is 13.3 Å². The van der Waals surface area contributed by atoms with Gasteiger partial charge >= 0.3 is 11.9 Å². The highest BCUT2D eigenvalue weighted by atomic mass is 127. The number of nitrogens with two attached hydrogens (primary N) is 1. The molecule has 2 aromatic rings. The zero-order valence-corrected chi connectivity index (χ0v) is 24.9. The van der Waals surface area contributed by atoms with Crippen LogP contribution in [0.3, 0.4) is 0 Å². The molecule has 0 aliphatic rings. The highest BCUT2D eigenvalue weighted by Crippen LogP contribution is 2.40. The van der Waals surface area contributed by atoms with E-state index in [0.29, 0.717) is 27.8 Å². The Bertz CT molecular complexity index is 998. The van der Waals surface area contributed by atoms with Gasteiger partial charge in [-0.25, -0.2) is 4.79 Å². The molecule has 4 N–H and O–H groups in total. The van der Waals surface area contributed by atoms with E-state index in [9.17, 15) is 19.8 Å². The van der Waals surface area contributed by atoms with E-state index < -0.39 is 18.0 Å². The average Bonchev–Trinajstić information content (AvgIpc) is 2.70. The molecule has 0 amide bonds. The minimum Gasteiger partial charge on any atom is -0.507 e. The molecule has 7 nitrogen and oxygen atoms in total. The molecular formula is C20H19I4NO6. The summed E-state index contributed by atoms with van der Waals surface area (Å²) in [5.41, 5.74) is 6.49. The molecule has 2 rings (SSSR count). The van der Waals surface area contributed by atoms with Crippen LogP contribution in [0.15, 0.2) is 18.2 Å². The molecule has 0 spiro atoms. The van der Waals surface area contributed by atoms with E-state index in [1.54, 1.807) is 18.2 Å². The van der Waals surface area contributed by atoms with Gasteiger partial charge in [-0.2, -0.15) is 0 Å². The number of hydrogen-bond acceptors (Lipinski definition) is 6. The molecule has 0 bridgehead atoms. The highest BCUT2D eigenvalue weighted by molar-refractivity contribution is 14.1. The third-order valence-corrected chi connectivity index (χ3v) is 9.21. The van der Waals surface area contributed by atoms with Crippen molar-refractivity contribution in [2.75, 3.05) is 6.61 Å². The molecule has 1 atom stereocenters. The molecule has 31 heavy (non-hydrogen) atoms. The van der Waals surface area contributed by atoms with E-state index in [2.05, 4.69) is 45.2 Å². The first-order chi connectivity index (χ1) is 14.6. The predicted octanol–water partition coefficient (Wildman–Crippen LogP) is 5.51. The van der Waals surface area contributed by atoms with Crippen LogP contribution >= 0.6 is 90.4 Å². The topological polar surface area (TPSA) is 119 Å². The minimum absolute atomic E-state index is 0.0194. The number of phenols is 1. The van der Waals surface area contributed by atoms with Crippen molar-refractivity contribution in [1.82, 2.24) is 0 Å². The fraction of sp³-hybridized carbons (Fsp3) is 0.300. The van der Waals surface area contributed by atoms with Crippen LogP contribution in [0, 0.1) is 14.3 Å². The van der Waals surface area contributed by atoms with E-state index >= 15 is 0 Å². The number of hydrogen-bond donors (Lipinski definition) is 3. The maximum Gasteiger partial charge on any atom is 0.339 e. The number of aliphatic carboxylic acids is 1. The van der Waals surface area contributed by atoms with Crippen LogP contribution in [0.25, 0.3) is 0 Å². The monoisotopic (exact) mass is 877 g/mol. The summed E-state index contributed by atoms with van der Waals surface area (Å²) in [7, 11) is 0. The molecule has 168 valence electrons. The van der Waals surface area contributed by atoms with Crippen molar-refractivity contribution in [2.24, 2.45) is 5.73 Å². The third-order valence-electron chi connectivity index (χ3n) is 4.19. The molecule has 0 saturated carbocycles. The molecule has 0 heterocycles. The fourth-order valence-electron chi connectivity index (χ4n) is 2.54. The second-order valence-electron chi connectivity index (χ2n) is 6.49. The number of halogens is 4. The molecule has 11 heteroatoms. The Morgan fingerprint density at radius 1 is 1.13 bits per heavy atom. The minimum atomic E-state index is -1.15. The van der Waals surface area contributed by atoms with Crippen molar-refractivity contribution < 1.29 is 29.3 Å². The number of carboxylic acid groups (broad SMARTS) is 1. The smallest absolute Gasteiger partial charge is 0.339 e. The van der Waals surface area contributed by atoms with Crippen molar-refractivity contribution in [3.05, 3.63) is 43.6 Å². The number of carbonyl (C=O) groups is 2. The summed E-state index contributed by atoms with van der Waals surface area (Å²) < 4.78 is 14.1. The first-order valence-corrected chi connectivity index (χ1v) is 13.4. The Morgan fingerprint density at radius 3 is 2.42 bits per heavy atom. The lowest BCUT2D eigenvalue weighted by Gasteiger charge is -2.19. The Balaban J connectivity index is 2.55.